The molecular weight excluding hydrogens is 300 g/mol. The second kappa shape index (κ2) is 5.57. The fraction of sp³-hybridized carbons (Fsp3) is 0.400. The highest BCUT2D eigenvalue weighted by Crippen LogP contribution is 2.48. The van der Waals surface area contributed by atoms with Gasteiger partial charge < -0.3 is 9.80 Å². The first-order valence-electron chi connectivity index (χ1n) is 8.85. The Kier molecular flexibility index (Phi) is 3.38. The number of nitrogens with zero attached hydrogens (tertiary/aromatic N) is 1. The molecule has 1 atom stereocenters. The van der Waals surface area contributed by atoms with Gasteiger partial charge in [-0.3, -0.25) is 0 Å². The Bertz CT molecular complexity index is 676. The van der Waals surface area contributed by atoms with Gasteiger partial charge in [0.25, 0.3) is 0 Å². The van der Waals surface area contributed by atoms with Crippen LogP contribution in [0.15, 0.2) is 58.3 Å². The lowest BCUT2D eigenvalue weighted by atomic mass is 9.78. The van der Waals surface area contributed by atoms with E-state index < -0.39 is 0 Å². The summed E-state index contributed by atoms with van der Waals surface area (Å²) in [5.74, 6) is 1.79. The Morgan fingerprint density at radius 3 is 2.09 bits per heavy atom. The molecular formula is C20H23N2S+. The van der Waals surface area contributed by atoms with E-state index >= 15 is 0 Å². The van der Waals surface area contributed by atoms with Crippen LogP contribution in [0.5, 0.6) is 0 Å². The molecule has 0 amide bonds. The summed E-state index contributed by atoms with van der Waals surface area (Å²) in [6, 6.07) is 17.8. The number of hydrogen-bond donors (Lipinski definition) is 1. The van der Waals surface area contributed by atoms with Crippen molar-refractivity contribution in [1.82, 2.24) is 0 Å². The number of anilines is 2. The van der Waals surface area contributed by atoms with Gasteiger partial charge in [0.2, 0.25) is 0 Å². The number of quaternary nitrogens is 1. The minimum Gasteiger partial charge on any atom is -0.339 e. The molecule has 3 fully saturated rings. The molecule has 1 N–H and O–H groups in total. The lowest BCUT2D eigenvalue weighted by Gasteiger charge is -2.44. The van der Waals surface area contributed by atoms with E-state index in [-0.39, 0.29) is 0 Å². The molecule has 0 spiro atoms. The fourth-order valence-corrected chi connectivity index (χ4v) is 5.78. The first-order chi connectivity index (χ1) is 11.4. The van der Waals surface area contributed by atoms with E-state index in [4.69, 9.17) is 0 Å². The third-order valence-corrected chi connectivity index (χ3v) is 7.03. The van der Waals surface area contributed by atoms with Crippen molar-refractivity contribution in [2.24, 2.45) is 11.8 Å². The molecule has 0 aromatic heterocycles. The van der Waals surface area contributed by atoms with E-state index in [1.54, 1.807) is 0 Å². The van der Waals surface area contributed by atoms with Gasteiger partial charge in [-0.15, -0.1) is 0 Å². The van der Waals surface area contributed by atoms with Gasteiger partial charge in [0.15, 0.2) is 0 Å². The first kappa shape index (κ1) is 13.9. The largest absolute Gasteiger partial charge is 0.339 e. The van der Waals surface area contributed by atoms with Crippen molar-refractivity contribution in [2.45, 2.75) is 22.6 Å². The van der Waals surface area contributed by atoms with E-state index in [0.29, 0.717) is 0 Å². The van der Waals surface area contributed by atoms with Gasteiger partial charge in [-0.2, -0.15) is 0 Å². The lowest BCUT2D eigenvalue weighted by Crippen LogP contribution is -3.16. The minimum atomic E-state index is 0.844. The average molecular weight is 323 g/mol. The van der Waals surface area contributed by atoms with Crippen molar-refractivity contribution >= 4 is 23.1 Å². The van der Waals surface area contributed by atoms with Crippen LogP contribution in [-0.2, 0) is 0 Å². The maximum absolute atomic E-state index is 2.60. The average Bonchev–Trinajstić information content (AvgIpc) is 2.62. The van der Waals surface area contributed by atoms with Crippen molar-refractivity contribution in [1.29, 1.82) is 0 Å². The van der Waals surface area contributed by atoms with Gasteiger partial charge in [0, 0.05) is 35.1 Å². The first-order valence-corrected chi connectivity index (χ1v) is 9.67. The number of rotatable bonds is 2. The van der Waals surface area contributed by atoms with Gasteiger partial charge in [-0.25, -0.2) is 0 Å². The van der Waals surface area contributed by atoms with Gasteiger partial charge in [-0.1, -0.05) is 36.0 Å². The normalized spacial score (nSPS) is 28.3. The van der Waals surface area contributed by atoms with Crippen molar-refractivity contribution in [3.8, 4) is 0 Å². The molecule has 2 nitrogen and oxygen atoms in total. The molecule has 4 aliphatic heterocycles. The molecule has 0 unspecified atom stereocenters. The van der Waals surface area contributed by atoms with Crippen molar-refractivity contribution < 1.29 is 4.90 Å². The molecule has 6 rings (SSSR count). The minimum absolute atomic E-state index is 0.844. The molecule has 0 radical (unpaired) electrons. The SMILES string of the molecule is c1ccc2c(c1)Sc1ccccc1N2C[C@@H]1C[NH+]2CCC1CC2. The van der Waals surface area contributed by atoms with Crippen LogP contribution in [-0.4, -0.2) is 26.2 Å². The predicted octanol–water partition coefficient (Wildman–Crippen LogP) is 3.21. The maximum Gasteiger partial charge on any atom is 0.0819 e. The number of piperidine rings is 3. The van der Waals surface area contributed by atoms with Crippen LogP contribution in [0.2, 0.25) is 0 Å². The Morgan fingerprint density at radius 1 is 0.913 bits per heavy atom. The fourth-order valence-electron chi connectivity index (χ4n) is 4.69. The highest BCUT2D eigenvalue weighted by atomic mass is 32.2. The Hall–Kier alpha value is -1.45. The van der Waals surface area contributed by atoms with E-state index in [0.717, 1.165) is 11.8 Å². The highest BCUT2D eigenvalue weighted by Gasteiger charge is 2.39. The van der Waals surface area contributed by atoms with Gasteiger partial charge in [-0.05, 0) is 30.2 Å². The summed E-state index contributed by atoms with van der Waals surface area (Å²) in [5.41, 5.74) is 2.81. The summed E-state index contributed by atoms with van der Waals surface area (Å²) in [6.07, 6.45) is 2.87. The van der Waals surface area contributed by atoms with E-state index in [9.17, 15) is 0 Å². The van der Waals surface area contributed by atoms with Gasteiger partial charge >= 0.3 is 0 Å². The van der Waals surface area contributed by atoms with E-state index in [1.165, 1.54) is 60.2 Å². The lowest BCUT2D eigenvalue weighted by molar-refractivity contribution is -0.920. The second-order valence-corrected chi connectivity index (χ2v) is 8.28. The monoisotopic (exact) mass is 323 g/mol. The van der Waals surface area contributed by atoms with Crippen LogP contribution >= 0.6 is 11.8 Å². The van der Waals surface area contributed by atoms with Gasteiger partial charge in [0.1, 0.15) is 0 Å². The molecule has 3 heteroatoms. The smallest absolute Gasteiger partial charge is 0.0819 e. The Balaban J connectivity index is 1.52. The molecule has 4 aliphatic rings. The van der Waals surface area contributed by atoms with E-state index in [1.807, 2.05) is 16.7 Å². The zero-order valence-corrected chi connectivity index (χ0v) is 14.2. The third-order valence-electron chi connectivity index (χ3n) is 5.90. The Morgan fingerprint density at radius 2 is 1.52 bits per heavy atom. The maximum atomic E-state index is 2.60. The Labute approximate surface area is 142 Å². The molecule has 0 saturated carbocycles. The second-order valence-electron chi connectivity index (χ2n) is 7.20. The van der Waals surface area contributed by atoms with Crippen molar-refractivity contribution in [2.75, 3.05) is 31.1 Å². The van der Waals surface area contributed by atoms with Crippen LogP contribution in [0.1, 0.15) is 12.8 Å². The molecule has 2 aromatic carbocycles. The third kappa shape index (κ3) is 2.38. The predicted molar refractivity (Wildman–Crippen MR) is 95.8 cm³/mol. The molecule has 2 bridgehead atoms. The van der Waals surface area contributed by atoms with Crippen LogP contribution in [0.4, 0.5) is 11.4 Å². The number of para-hydroxylation sites is 2. The molecule has 2 aromatic rings. The summed E-state index contributed by atoms with van der Waals surface area (Å²) >= 11 is 1.92. The molecule has 118 valence electrons. The highest BCUT2D eigenvalue weighted by molar-refractivity contribution is 7.99. The molecule has 3 saturated heterocycles. The number of fused-ring (bicyclic) bond motifs is 5. The van der Waals surface area contributed by atoms with Crippen LogP contribution in [0.25, 0.3) is 0 Å². The van der Waals surface area contributed by atoms with Crippen molar-refractivity contribution in [3.05, 3.63) is 48.5 Å². The number of benzene rings is 2. The number of nitrogens with one attached hydrogen (secondary N) is 1. The standard InChI is InChI=1S/C20H22N2S/c1-3-7-19-17(5-1)22(18-6-2-4-8-20(18)23-19)14-16-13-21-11-9-15(16)10-12-21/h1-8,15-16H,9-14H2/p+1/t16-/m0/s1. The topological polar surface area (TPSA) is 7.68 Å². The van der Waals surface area contributed by atoms with Crippen LogP contribution < -0.4 is 9.80 Å². The van der Waals surface area contributed by atoms with E-state index in [2.05, 4.69) is 53.4 Å². The summed E-state index contributed by atoms with van der Waals surface area (Å²) in [4.78, 5) is 7.25. The number of hydrogen-bond acceptors (Lipinski definition) is 2. The molecule has 0 aliphatic carbocycles. The quantitative estimate of drug-likeness (QED) is 0.907. The summed E-state index contributed by atoms with van der Waals surface area (Å²) in [7, 11) is 0. The zero-order chi connectivity index (χ0) is 15.2. The van der Waals surface area contributed by atoms with Crippen LogP contribution in [0, 0.1) is 11.8 Å². The zero-order valence-electron chi connectivity index (χ0n) is 13.4. The summed E-state index contributed by atoms with van der Waals surface area (Å²) in [5, 5.41) is 0. The van der Waals surface area contributed by atoms with Crippen LogP contribution in [0.3, 0.4) is 0 Å². The molecule has 4 heterocycles. The molecule has 23 heavy (non-hydrogen) atoms. The summed E-state index contributed by atoms with van der Waals surface area (Å²) in [6.45, 7) is 5.37. The summed E-state index contributed by atoms with van der Waals surface area (Å²) < 4.78 is 0. The van der Waals surface area contributed by atoms with Crippen molar-refractivity contribution in [3.63, 3.8) is 0 Å². The van der Waals surface area contributed by atoms with Gasteiger partial charge in [0.05, 0.1) is 31.0 Å².